The third-order valence-corrected chi connectivity index (χ3v) is 5.72. The summed E-state index contributed by atoms with van der Waals surface area (Å²) in [5, 5.41) is 8.75. The van der Waals surface area contributed by atoms with E-state index in [1.54, 1.807) is 7.11 Å². The Bertz CT molecular complexity index is 542. The summed E-state index contributed by atoms with van der Waals surface area (Å²) in [5.74, 6) is 0.194. The molecule has 2 aliphatic heterocycles. The van der Waals surface area contributed by atoms with Gasteiger partial charge in [-0.3, -0.25) is 4.79 Å². The van der Waals surface area contributed by atoms with Crippen molar-refractivity contribution >= 4 is 5.97 Å². The maximum Gasteiger partial charge on any atom is 0.303 e. The highest BCUT2D eigenvalue weighted by molar-refractivity contribution is 5.66. The van der Waals surface area contributed by atoms with Crippen LogP contribution in [-0.4, -0.2) is 24.8 Å². The molecular weight excluding hydrogens is 292 g/mol. The fourth-order valence-corrected chi connectivity index (χ4v) is 4.14. The van der Waals surface area contributed by atoms with Gasteiger partial charge in [-0.2, -0.15) is 0 Å². The van der Waals surface area contributed by atoms with Gasteiger partial charge >= 0.3 is 5.97 Å². The molecule has 3 fully saturated rings. The van der Waals surface area contributed by atoms with Crippen molar-refractivity contribution in [2.45, 2.75) is 57.0 Å². The Balaban J connectivity index is 1.61. The first-order chi connectivity index (χ1) is 11.1. The molecule has 1 aromatic rings. The highest BCUT2D eigenvalue weighted by Gasteiger charge is 2.50. The van der Waals surface area contributed by atoms with Crippen molar-refractivity contribution in [3.8, 4) is 5.75 Å². The number of fused-ring (bicyclic) bond motifs is 3. The summed E-state index contributed by atoms with van der Waals surface area (Å²) in [6.45, 7) is 0.803. The molecule has 0 spiro atoms. The Morgan fingerprint density at radius 3 is 2.65 bits per heavy atom. The topological polar surface area (TPSA) is 55.8 Å². The van der Waals surface area contributed by atoms with Crippen LogP contribution in [0.1, 0.15) is 56.9 Å². The Morgan fingerprint density at radius 1 is 1.26 bits per heavy atom. The van der Waals surface area contributed by atoms with E-state index < -0.39 is 5.97 Å². The molecule has 0 unspecified atom stereocenters. The molecule has 4 rings (SSSR count). The molecule has 1 aliphatic carbocycles. The first kappa shape index (κ1) is 16.3. The van der Waals surface area contributed by atoms with Gasteiger partial charge in [0.05, 0.1) is 19.3 Å². The lowest BCUT2D eigenvalue weighted by atomic mass is 9.62. The molecule has 0 amide bonds. The zero-order valence-electron chi connectivity index (χ0n) is 13.8. The van der Waals surface area contributed by atoms with Crippen molar-refractivity contribution in [2.24, 2.45) is 5.41 Å². The number of ether oxygens (including phenoxy) is 2. The van der Waals surface area contributed by atoms with Crippen molar-refractivity contribution in [1.82, 2.24) is 0 Å². The molecule has 3 aliphatic rings. The van der Waals surface area contributed by atoms with Crippen LogP contribution >= 0.6 is 0 Å². The van der Waals surface area contributed by atoms with Crippen molar-refractivity contribution in [3.63, 3.8) is 0 Å². The molecular formula is C19H26O4. The molecule has 1 saturated carbocycles. The van der Waals surface area contributed by atoms with Gasteiger partial charge in [-0.15, -0.1) is 0 Å². The van der Waals surface area contributed by atoms with E-state index in [1.165, 1.54) is 18.4 Å². The lowest BCUT2D eigenvalue weighted by Gasteiger charge is -2.53. The standard InChI is InChI=1S/C19H26O4/c1-22-16-6-4-5-15(13-16)19-11-9-18(10-12-19,14-23-19)8-3-2-7-17(20)21/h4-6,13H,2-3,7-12,14H2,1H3,(H,20,21). The molecule has 2 saturated heterocycles. The molecule has 0 aromatic heterocycles. The van der Waals surface area contributed by atoms with Gasteiger partial charge in [0.25, 0.3) is 0 Å². The second kappa shape index (κ2) is 6.52. The van der Waals surface area contributed by atoms with Crippen molar-refractivity contribution in [3.05, 3.63) is 29.8 Å². The van der Waals surface area contributed by atoms with Crippen LogP contribution in [0.3, 0.4) is 0 Å². The van der Waals surface area contributed by atoms with E-state index in [0.29, 0.717) is 0 Å². The second-order valence-corrected chi connectivity index (χ2v) is 7.12. The molecule has 4 heteroatoms. The van der Waals surface area contributed by atoms with Crippen molar-refractivity contribution in [1.29, 1.82) is 0 Å². The second-order valence-electron chi connectivity index (χ2n) is 7.12. The summed E-state index contributed by atoms with van der Waals surface area (Å²) < 4.78 is 11.7. The summed E-state index contributed by atoms with van der Waals surface area (Å²) in [6.07, 6.45) is 7.60. The number of methoxy groups -OCH3 is 1. The van der Waals surface area contributed by atoms with Crippen LogP contribution < -0.4 is 4.74 Å². The number of hydrogen-bond donors (Lipinski definition) is 1. The van der Waals surface area contributed by atoms with Gasteiger partial charge < -0.3 is 14.6 Å². The summed E-state index contributed by atoms with van der Waals surface area (Å²) in [5.41, 5.74) is 1.37. The van der Waals surface area contributed by atoms with Crippen LogP contribution in [0, 0.1) is 5.41 Å². The first-order valence-electron chi connectivity index (χ1n) is 8.58. The van der Waals surface area contributed by atoms with E-state index >= 15 is 0 Å². The van der Waals surface area contributed by atoms with Gasteiger partial charge in [-0.1, -0.05) is 18.6 Å². The van der Waals surface area contributed by atoms with Gasteiger partial charge in [0.2, 0.25) is 0 Å². The first-order valence-corrected chi connectivity index (χ1v) is 8.58. The Hall–Kier alpha value is -1.55. The molecule has 4 nitrogen and oxygen atoms in total. The molecule has 0 atom stereocenters. The van der Waals surface area contributed by atoms with E-state index in [0.717, 1.165) is 44.5 Å². The van der Waals surface area contributed by atoms with Gasteiger partial charge in [0.1, 0.15) is 5.75 Å². The van der Waals surface area contributed by atoms with Crippen molar-refractivity contribution < 1.29 is 19.4 Å². The quantitative estimate of drug-likeness (QED) is 0.768. The number of unbranched alkanes of at least 4 members (excludes halogenated alkanes) is 1. The molecule has 1 aromatic carbocycles. The molecule has 23 heavy (non-hydrogen) atoms. The van der Waals surface area contributed by atoms with Crippen LogP contribution in [0.25, 0.3) is 0 Å². The van der Waals surface area contributed by atoms with E-state index in [2.05, 4.69) is 12.1 Å². The maximum atomic E-state index is 10.6. The van der Waals surface area contributed by atoms with Crippen LogP contribution in [0.5, 0.6) is 5.75 Å². The van der Waals surface area contributed by atoms with Gasteiger partial charge in [-0.05, 0) is 61.6 Å². The largest absolute Gasteiger partial charge is 0.497 e. The minimum absolute atomic E-state index is 0.142. The minimum atomic E-state index is -0.692. The SMILES string of the molecule is COc1cccc(C23CCC(CCCCC(=O)O)(CC2)CO3)c1. The number of benzene rings is 1. The molecule has 2 bridgehead atoms. The van der Waals surface area contributed by atoms with Gasteiger partial charge in [0.15, 0.2) is 0 Å². The molecule has 1 N–H and O–H groups in total. The number of hydrogen-bond acceptors (Lipinski definition) is 3. The van der Waals surface area contributed by atoms with Gasteiger partial charge in [0, 0.05) is 6.42 Å². The Labute approximate surface area is 137 Å². The van der Waals surface area contributed by atoms with E-state index in [1.807, 2.05) is 12.1 Å². The Morgan fingerprint density at radius 2 is 2.04 bits per heavy atom. The third kappa shape index (κ3) is 3.37. The van der Waals surface area contributed by atoms with E-state index in [4.69, 9.17) is 14.6 Å². The van der Waals surface area contributed by atoms with Gasteiger partial charge in [-0.25, -0.2) is 0 Å². The highest BCUT2D eigenvalue weighted by Crippen LogP contribution is 2.55. The lowest BCUT2D eigenvalue weighted by Crippen LogP contribution is -2.49. The number of carbonyl (C=O) groups is 1. The smallest absolute Gasteiger partial charge is 0.303 e. The number of aliphatic carboxylic acids is 1. The average Bonchev–Trinajstić information content (AvgIpc) is 2.60. The van der Waals surface area contributed by atoms with Crippen LogP contribution in [0.2, 0.25) is 0 Å². The normalized spacial score (nSPS) is 29.4. The molecule has 0 radical (unpaired) electrons. The Kier molecular flexibility index (Phi) is 4.62. The monoisotopic (exact) mass is 318 g/mol. The summed E-state index contributed by atoms with van der Waals surface area (Å²) in [6, 6.07) is 8.26. The van der Waals surface area contributed by atoms with E-state index in [9.17, 15) is 4.79 Å². The van der Waals surface area contributed by atoms with Crippen molar-refractivity contribution in [2.75, 3.05) is 13.7 Å². The average molecular weight is 318 g/mol. The number of carboxylic acid groups (broad SMARTS) is 1. The zero-order valence-corrected chi connectivity index (χ0v) is 13.8. The van der Waals surface area contributed by atoms with E-state index in [-0.39, 0.29) is 17.4 Å². The van der Waals surface area contributed by atoms with Crippen LogP contribution in [-0.2, 0) is 15.1 Å². The zero-order chi connectivity index (χ0) is 16.3. The summed E-state index contributed by atoms with van der Waals surface area (Å²) in [7, 11) is 1.70. The number of rotatable bonds is 7. The molecule has 2 heterocycles. The third-order valence-electron chi connectivity index (χ3n) is 5.72. The van der Waals surface area contributed by atoms with Crippen LogP contribution in [0.15, 0.2) is 24.3 Å². The summed E-state index contributed by atoms with van der Waals surface area (Å²) >= 11 is 0. The summed E-state index contributed by atoms with van der Waals surface area (Å²) in [4.78, 5) is 10.6. The molecule has 126 valence electrons. The lowest BCUT2D eigenvalue weighted by molar-refractivity contribution is -0.191. The number of carboxylic acids is 1. The fraction of sp³-hybridized carbons (Fsp3) is 0.632. The minimum Gasteiger partial charge on any atom is -0.497 e. The maximum absolute atomic E-state index is 10.6. The predicted molar refractivity (Wildman–Crippen MR) is 87.6 cm³/mol. The van der Waals surface area contributed by atoms with Crippen LogP contribution in [0.4, 0.5) is 0 Å². The predicted octanol–water partition coefficient (Wildman–Crippen LogP) is 4.13. The fourth-order valence-electron chi connectivity index (χ4n) is 4.14. The highest BCUT2D eigenvalue weighted by atomic mass is 16.5.